The van der Waals surface area contributed by atoms with Crippen LogP contribution in [0.2, 0.25) is 0 Å². The van der Waals surface area contributed by atoms with Gasteiger partial charge in [0.15, 0.2) is 17.5 Å². The molecule has 0 saturated carbocycles. The second kappa shape index (κ2) is 4.79. The highest BCUT2D eigenvalue weighted by Gasteiger charge is 2.19. The topological polar surface area (TPSA) is 34.0 Å². The molecule has 0 aliphatic heterocycles. The standard InChI is InChI=1S/C13H11F3N2O/c1-7-6-18(2)12(11(7)16)13(19)17-8-3-4-9(14)10(15)5-8/h3-6H,1-2H3,(H,17,19). The van der Waals surface area contributed by atoms with Crippen molar-refractivity contribution in [1.29, 1.82) is 0 Å². The van der Waals surface area contributed by atoms with Crippen LogP contribution in [0.25, 0.3) is 0 Å². The first kappa shape index (κ1) is 13.2. The van der Waals surface area contributed by atoms with Crippen LogP contribution in [0.4, 0.5) is 18.9 Å². The van der Waals surface area contributed by atoms with Crippen LogP contribution in [0, 0.1) is 24.4 Å². The molecule has 0 aliphatic carbocycles. The van der Waals surface area contributed by atoms with E-state index >= 15 is 0 Å². The number of rotatable bonds is 2. The molecule has 100 valence electrons. The van der Waals surface area contributed by atoms with Gasteiger partial charge in [0.1, 0.15) is 5.69 Å². The van der Waals surface area contributed by atoms with E-state index in [2.05, 4.69) is 5.32 Å². The summed E-state index contributed by atoms with van der Waals surface area (Å²) in [4.78, 5) is 11.9. The van der Waals surface area contributed by atoms with Gasteiger partial charge in [-0.05, 0) is 19.1 Å². The maximum Gasteiger partial charge on any atom is 0.275 e. The van der Waals surface area contributed by atoms with Crippen molar-refractivity contribution < 1.29 is 18.0 Å². The largest absolute Gasteiger partial charge is 0.344 e. The van der Waals surface area contributed by atoms with E-state index in [0.717, 1.165) is 12.1 Å². The summed E-state index contributed by atoms with van der Waals surface area (Å²) in [6, 6.07) is 2.92. The van der Waals surface area contributed by atoms with Crippen LogP contribution in [-0.2, 0) is 7.05 Å². The highest BCUT2D eigenvalue weighted by molar-refractivity contribution is 6.03. The van der Waals surface area contributed by atoms with Gasteiger partial charge >= 0.3 is 0 Å². The average Bonchev–Trinajstić information content (AvgIpc) is 2.58. The van der Waals surface area contributed by atoms with Crippen molar-refractivity contribution in [3.05, 3.63) is 53.1 Å². The SMILES string of the molecule is Cc1cn(C)c(C(=O)Nc2ccc(F)c(F)c2)c1F. The molecule has 2 aromatic rings. The van der Waals surface area contributed by atoms with E-state index < -0.39 is 23.4 Å². The molecular weight excluding hydrogens is 257 g/mol. The molecule has 1 amide bonds. The number of hydrogen-bond acceptors (Lipinski definition) is 1. The molecule has 2 rings (SSSR count). The van der Waals surface area contributed by atoms with Crippen LogP contribution in [0.1, 0.15) is 16.1 Å². The molecule has 0 bridgehead atoms. The molecule has 0 saturated heterocycles. The Kier molecular flexibility index (Phi) is 3.33. The number of halogens is 3. The van der Waals surface area contributed by atoms with E-state index in [1.807, 2.05) is 0 Å². The van der Waals surface area contributed by atoms with Gasteiger partial charge < -0.3 is 9.88 Å². The molecule has 6 heteroatoms. The van der Waals surface area contributed by atoms with E-state index in [0.29, 0.717) is 5.56 Å². The molecular formula is C13H11F3N2O. The van der Waals surface area contributed by atoms with Gasteiger partial charge in [0.05, 0.1) is 0 Å². The Bertz CT molecular complexity index is 650. The number of carbonyl (C=O) groups excluding carboxylic acids is 1. The van der Waals surface area contributed by atoms with E-state index in [1.165, 1.54) is 30.8 Å². The second-order valence-corrected chi connectivity index (χ2v) is 4.17. The highest BCUT2D eigenvalue weighted by atomic mass is 19.2. The minimum atomic E-state index is -1.08. The number of benzene rings is 1. The van der Waals surface area contributed by atoms with Crippen molar-refractivity contribution in [1.82, 2.24) is 4.57 Å². The monoisotopic (exact) mass is 268 g/mol. The fourth-order valence-electron chi connectivity index (χ4n) is 1.78. The third-order valence-electron chi connectivity index (χ3n) is 2.69. The van der Waals surface area contributed by atoms with Crippen LogP contribution >= 0.6 is 0 Å². The van der Waals surface area contributed by atoms with Gasteiger partial charge in [-0.3, -0.25) is 4.79 Å². The van der Waals surface area contributed by atoms with Crippen LogP contribution in [0.15, 0.2) is 24.4 Å². The normalized spacial score (nSPS) is 10.6. The van der Waals surface area contributed by atoms with Gasteiger partial charge in [0, 0.05) is 30.6 Å². The lowest BCUT2D eigenvalue weighted by Gasteiger charge is -2.06. The number of carbonyl (C=O) groups is 1. The predicted molar refractivity (Wildman–Crippen MR) is 64.4 cm³/mol. The molecule has 0 radical (unpaired) electrons. The third kappa shape index (κ3) is 2.47. The zero-order valence-electron chi connectivity index (χ0n) is 10.3. The lowest BCUT2D eigenvalue weighted by molar-refractivity contribution is 0.101. The smallest absolute Gasteiger partial charge is 0.275 e. The number of nitrogens with one attached hydrogen (secondary N) is 1. The Morgan fingerprint density at radius 2 is 1.89 bits per heavy atom. The second-order valence-electron chi connectivity index (χ2n) is 4.17. The molecule has 0 unspecified atom stereocenters. The number of aromatic nitrogens is 1. The molecule has 0 aliphatic rings. The van der Waals surface area contributed by atoms with Gasteiger partial charge in [-0.15, -0.1) is 0 Å². The van der Waals surface area contributed by atoms with Crippen molar-refractivity contribution in [3.63, 3.8) is 0 Å². The summed E-state index contributed by atoms with van der Waals surface area (Å²) in [6.45, 7) is 1.53. The van der Waals surface area contributed by atoms with Crippen molar-refractivity contribution in [3.8, 4) is 0 Å². The highest BCUT2D eigenvalue weighted by Crippen LogP contribution is 2.17. The summed E-state index contributed by atoms with van der Waals surface area (Å²) in [5, 5.41) is 2.31. The Hall–Kier alpha value is -2.24. The summed E-state index contributed by atoms with van der Waals surface area (Å²) < 4.78 is 40.8. The first-order chi connectivity index (χ1) is 8.90. The maximum absolute atomic E-state index is 13.7. The Balaban J connectivity index is 2.28. The fourth-order valence-corrected chi connectivity index (χ4v) is 1.78. The maximum atomic E-state index is 13.7. The third-order valence-corrected chi connectivity index (χ3v) is 2.69. The molecule has 0 spiro atoms. The molecule has 0 atom stereocenters. The van der Waals surface area contributed by atoms with Crippen molar-refractivity contribution in [2.45, 2.75) is 6.92 Å². The van der Waals surface area contributed by atoms with Gasteiger partial charge in [-0.2, -0.15) is 0 Å². The lowest BCUT2D eigenvalue weighted by atomic mass is 10.2. The van der Waals surface area contributed by atoms with Crippen LogP contribution in [0.5, 0.6) is 0 Å². The lowest BCUT2D eigenvalue weighted by Crippen LogP contribution is -2.17. The van der Waals surface area contributed by atoms with Crippen molar-refractivity contribution >= 4 is 11.6 Å². The van der Waals surface area contributed by atoms with Gasteiger partial charge in [0.2, 0.25) is 0 Å². The van der Waals surface area contributed by atoms with E-state index in [1.54, 1.807) is 0 Å². The molecule has 1 aromatic carbocycles. The average molecular weight is 268 g/mol. The zero-order chi connectivity index (χ0) is 14.2. The number of amides is 1. The summed E-state index contributed by atoms with van der Waals surface area (Å²) in [5.41, 5.74) is 0.224. The Labute approximate surface area is 107 Å². The molecule has 3 nitrogen and oxygen atoms in total. The first-order valence-electron chi connectivity index (χ1n) is 5.48. The zero-order valence-corrected chi connectivity index (χ0v) is 10.3. The molecule has 0 fully saturated rings. The Morgan fingerprint density at radius 1 is 1.21 bits per heavy atom. The summed E-state index contributed by atoms with van der Waals surface area (Å²) in [6.07, 6.45) is 1.47. The van der Waals surface area contributed by atoms with Crippen LogP contribution in [-0.4, -0.2) is 10.5 Å². The van der Waals surface area contributed by atoms with E-state index in [4.69, 9.17) is 0 Å². The molecule has 1 aromatic heterocycles. The van der Waals surface area contributed by atoms with Gasteiger partial charge in [-0.1, -0.05) is 0 Å². The summed E-state index contributed by atoms with van der Waals surface area (Å²) in [5.74, 6) is -3.46. The Morgan fingerprint density at radius 3 is 2.42 bits per heavy atom. The fraction of sp³-hybridized carbons (Fsp3) is 0.154. The predicted octanol–water partition coefficient (Wildman–Crippen LogP) is 3.00. The minimum Gasteiger partial charge on any atom is -0.344 e. The van der Waals surface area contributed by atoms with Gasteiger partial charge in [-0.25, -0.2) is 13.2 Å². The quantitative estimate of drug-likeness (QED) is 0.892. The van der Waals surface area contributed by atoms with Crippen LogP contribution < -0.4 is 5.32 Å². The number of nitrogens with zero attached hydrogens (tertiary/aromatic N) is 1. The minimum absolute atomic E-state index is 0.0575. The van der Waals surface area contributed by atoms with Crippen LogP contribution in [0.3, 0.4) is 0 Å². The van der Waals surface area contributed by atoms with Gasteiger partial charge in [0.25, 0.3) is 5.91 Å². The summed E-state index contributed by atoms with van der Waals surface area (Å²) >= 11 is 0. The first-order valence-corrected chi connectivity index (χ1v) is 5.48. The van der Waals surface area contributed by atoms with E-state index in [9.17, 15) is 18.0 Å². The number of anilines is 1. The number of aryl methyl sites for hydroxylation is 2. The van der Waals surface area contributed by atoms with E-state index in [-0.39, 0.29) is 11.4 Å². The number of hydrogen-bond donors (Lipinski definition) is 1. The van der Waals surface area contributed by atoms with Crippen molar-refractivity contribution in [2.24, 2.45) is 7.05 Å². The molecule has 1 N–H and O–H groups in total. The molecule has 19 heavy (non-hydrogen) atoms. The summed E-state index contributed by atoms with van der Waals surface area (Å²) in [7, 11) is 1.52. The molecule has 1 heterocycles. The van der Waals surface area contributed by atoms with Crippen molar-refractivity contribution in [2.75, 3.05) is 5.32 Å².